The SMILES string of the molecule is CS(=O)(=O)c1cn[nH]c1C[C@@H]1CCCN(C(=O)c2cccs2)C1. The molecule has 6 nitrogen and oxygen atoms in total. The van der Waals surface area contributed by atoms with Crippen LogP contribution in [0.1, 0.15) is 28.2 Å². The molecule has 124 valence electrons. The van der Waals surface area contributed by atoms with Crippen LogP contribution in [0.3, 0.4) is 0 Å². The number of piperidine rings is 1. The van der Waals surface area contributed by atoms with Crippen molar-refractivity contribution in [3.63, 3.8) is 0 Å². The van der Waals surface area contributed by atoms with Crippen molar-refractivity contribution >= 4 is 27.1 Å². The van der Waals surface area contributed by atoms with Crippen molar-refractivity contribution < 1.29 is 13.2 Å². The number of carbonyl (C=O) groups is 1. The van der Waals surface area contributed by atoms with Gasteiger partial charge in [-0.05, 0) is 36.6 Å². The van der Waals surface area contributed by atoms with Crippen molar-refractivity contribution in [1.82, 2.24) is 15.1 Å². The fourth-order valence-corrected chi connectivity index (χ4v) is 4.54. The fourth-order valence-electron chi connectivity index (χ4n) is 3.03. The van der Waals surface area contributed by atoms with Crippen LogP contribution in [0.4, 0.5) is 0 Å². The molecule has 23 heavy (non-hydrogen) atoms. The van der Waals surface area contributed by atoms with E-state index < -0.39 is 9.84 Å². The van der Waals surface area contributed by atoms with E-state index in [4.69, 9.17) is 0 Å². The normalized spacial score (nSPS) is 19.0. The lowest BCUT2D eigenvalue weighted by Gasteiger charge is -2.32. The molecular weight excluding hydrogens is 334 g/mol. The molecule has 0 spiro atoms. The van der Waals surface area contributed by atoms with E-state index in [1.54, 1.807) is 0 Å². The summed E-state index contributed by atoms with van der Waals surface area (Å²) in [6.07, 6.45) is 5.06. The zero-order chi connectivity index (χ0) is 16.4. The maximum Gasteiger partial charge on any atom is 0.263 e. The molecule has 2 aromatic heterocycles. The van der Waals surface area contributed by atoms with Crippen molar-refractivity contribution in [3.8, 4) is 0 Å². The van der Waals surface area contributed by atoms with Gasteiger partial charge in [-0.15, -0.1) is 11.3 Å². The number of aromatic nitrogens is 2. The molecule has 1 fully saturated rings. The van der Waals surface area contributed by atoms with E-state index in [2.05, 4.69) is 10.2 Å². The highest BCUT2D eigenvalue weighted by molar-refractivity contribution is 7.90. The van der Waals surface area contributed by atoms with Crippen LogP contribution in [0.25, 0.3) is 0 Å². The van der Waals surface area contributed by atoms with E-state index in [9.17, 15) is 13.2 Å². The van der Waals surface area contributed by atoms with Gasteiger partial charge in [-0.3, -0.25) is 9.89 Å². The van der Waals surface area contributed by atoms with Gasteiger partial charge >= 0.3 is 0 Å². The second-order valence-corrected chi connectivity index (χ2v) is 8.86. The molecule has 3 rings (SSSR count). The van der Waals surface area contributed by atoms with Gasteiger partial charge in [0.05, 0.1) is 16.8 Å². The largest absolute Gasteiger partial charge is 0.338 e. The average molecular weight is 353 g/mol. The zero-order valence-corrected chi connectivity index (χ0v) is 14.5. The second-order valence-electron chi connectivity index (χ2n) is 5.93. The standard InChI is InChI=1S/C15H19N3O3S2/c1-23(20,21)14-9-16-17-12(14)8-11-4-2-6-18(10-11)15(19)13-5-3-7-22-13/h3,5,7,9,11H,2,4,6,8,10H2,1H3,(H,16,17)/t11-/m0/s1. The summed E-state index contributed by atoms with van der Waals surface area (Å²) in [6.45, 7) is 1.41. The highest BCUT2D eigenvalue weighted by Crippen LogP contribution is 2.25. The zero-order valence-electron chi connectivity index (χ0n) is 12.9. The number of likely N-dealkylation sites (tertiary alicyclic amines) is 1. The van der Waals surface area contributed by atoms with Crippen LogP contribution in [0.2, 0.25) is 0 Å². The molecule has 0 unspecified atom stereocenters. The molecule has 0 bridgehead atoms. The topological polar surface area (TPSA) is 83.1 Å². The number of hydrogen-bond acceptors (Lipinski definition) is 5. The minimum Gasteiger partial charge on any atom is -0.338 e. The Kier molecular flexibility index (Phi) is 4.54. The van der Waals surface area contributed by atoms with E-state index in [-0.39, 0.29) is 16.7 Å². The lowest BCUT2D eigenvalue weighted by molar-refractivity contribution is 0.0677. The maximum atomic E-state index is 12.5. The molecule has 1 amide bonds. The number of rotatable bonds is 4. The first-order chi connectivity index (χ1) is 10.9. The molecule has 0 radical (unpaired) electrons. The predicted octanol–water partition coefficient (Wildman–Crippen LogP) is 1.97. The summed E-state index contributed by atoms with van der Waals surface area (Å²) in [7, 11) is -3.28. The third kappa shape index (κ3) is 3.64. The van der Waals surface area contributed by atoms with Crippen molar-refractivity contribution in [2.45, 2.75) is 24.2 Å². The van der Waals surface area contributed by atoms with Gasteiger partial charge in [0, 0.05) is 19.3 Å². The monoisotopic (exact) mass is 353 g/mol. The van der Waals surface area contributed by atoms with E-state index in [1.165, 1.54) is 23.8 Å². The molecule has 1 aliphatic heterocycles. The molecule has 1 aliphatic rings. The molecular formula is C15H19N3O3S2. The molecule has 8 heteroatoms. The first-order valence-corrected chi connectivity index (χ1v) is 10.3. The summed E-state index contributed by atoms with van der Waals surface area (Å²) in [5.74, 6) is 0.311. The van der Waals surface area contributed by atoms with Crippen LogP contribution in [-0.4, -0.2) is 48.8 Å². The number of amides is 1. The van der Waals surface area contributed by atoms with Gasteiger partial charge in [0.2, 0.25) is 0 Å². The minimum absolute atomic E-state index is 0.0673. The Hall–Kier alpha value is -1.67. The highest BCUT2D eigenvalue weighted by atomic mass is 32.2. The number of sulfone groups is 1. The Morgan fingerprint density at radius 2 is 2.35 bits per heavy atom. The molecule has 1 atom stereocenters. The summed E-state index contributed by atoms with van der Waals surface area (Å²) in [5, 5.41) is 8.57. The molecule has 0 aliphatic carbocycles. The van der Waals surface area contributed by atoms with Gasteiger partial charge in [0.15, 0.2) is 9.84 Å². The third-order valence-electron chi connectivity index (χ3n) is 4.11. The number of nitrogens with one attached hydrogen (secondary N) is 1. The lowest BCUT2D eigenvalue weighted by Crippen LogP contribution is -2.40. The Bertz CT molecular complexity index is 781. The second kappa shape index (κ2) is 6.45. The summed E-state index contributed by atoms with van der Waals surface area (Å²) in [5.41, 5.74) is 0.642. The van der Waals surface area contributed by atoms with Gasteiger partial charge < -0.3 is 4.90 Å². The number of aromatic amines is 1. The number of hydrogen-bond donors (Lipinski definition) is 1. The number of thiophene rings is 1. The van der Waals surface area contributed by atoms with E-state index in [0.29, 0.717) is 18.7 Å². The van der Waals surface area contributed by atoms with Crippen LogP contribution >= 0.6 is 11.3 Å². The molecule has 0 saturated carbocycles. The predicted molar refractivity (Wildman–Crippen MR) is 88.3 cm³/mol. The number of carbonyl (C=O) groups excluding carboxylic acids is 1. The van der Waals surface area contributed by atoms with Gasteiger partial charge in [0.1, 0.15) is 4.90 Å². The maximum absolute atomic E-state index is 12.5. The Balaban J connectivity index is 1.70. The lowest BCUT2D eigenvalue weighted by atomic mass is 9.93. The van der Waals surface area contributed by atoms with E-state index >= 15 is 0 Å². The number of H-pyrrole nitrogens is 1. The molecule has 0 aromatic carbocycles. The van der Waals surface area contributed by atoms with Crippen molar-refractivity contribution in [2.75, 3.05) is 19.3 Å². The average Bonchev–Trinajstić information content (AvgIpc) is 3.17. The van der Waals surface area contributed by atoms with E-state index in [0.717, 1.165) is 24.3 Å². The van der Waals surface area contributed by atoms with Crippen LogP contribution in [0, 0.1) is 5.92 Å². The smallest absolute Gasteiger partial charge is 0.263 e. The first-order valence-electron chi connectivity index (χ1n) is 7.50. The van der Waals surface area contributed by atoms with Crippen molar-refractivity contribution in [3.05, 3.63) is 34.3 Å². The van der Waals surface area contributed by atoms with Crippen LogP contribution in [-0.2, 0) is 16.3 Å². The van der Waals surface area contributed by atoms with Gasteiger partial charge in [0.25, 0.3) is 5.91 Å². The van der Waals surface area contributed by atoms with Gasteiger partial charge in [-0.2, -0.15) is 5.10 Å². The van der Waals surface area contributed by atoms with Crippen molar-refractivity contribution in [1.29, 1.82) is 0 Å². The fraction of sp³-hybridized carbons (Fsp3) is 0.467. The Morgan fingerprint density at radius 3 is 3.04 bits per heavy atom. The summed E-state index contributed by atoms with van der Waals surface area (Å²) in [6, 6.07) is 3.72. The summed E-state index contributed by atoms with van der Waals surface area (Å²) in [4.78, 5) is 15.3. The quantitative estimate of drug-likeness (QED) is 0.911. The highest BCUT2D eigenvalue weighted by Gasteiger charge is 2.27. The Labute approximate surface area is 139 Å². The molecule has 1 saturated heterocycles. The minimum atomic E-state index is -3.28. The van der Waals surface area contributed by atoms with Crippen LogP contribution < -0.4 is 0 Å². The first kappa shape index (κ1) is 16.2. The van der Waals surface area contributed by atoms with Crippen LogP contribution in [0.15, 0.2) is 28.6 Å². The summed E-state index contributed by atoms with van der Waals surface area (Å²) < 4.78 is 23.5. The molecule has 3 heterocycles. The number of nitrogens with zero attached hydrogens (tertiary/aromatic N) is 2. The molecule has 2 aromatic rings. The third-order valence-corrected chi connectivity index (χ3v) is 6.12. The van der Waals surface area contributed by atoms with Crippen LogP contribution in [0.5, 0.6) is 0 Å². The van der Waals surface area contributed by atoms with E-state index in [1.807, 2.05) is 22.4 Å². The van der Waals surface area contributed by atoms with Crippen molar-refractivity contribution in [2.24, 2.45) is 5.92 Å². The summed E-state index contributed by atoms with van der Waals surface area (Å²) >= 11 is 1.45. The Morgan fingerprint density at radius 1 is 1.52 bits per heavy atom. The van der Waals surface area contributed by atoms with Gasteiger partial charge in [-0.1, -0.05) is 6.07 Å². The van der Waals surface area contributed by atoms with Gasteiger partial charge in [-0.25, -0.2) is 8.42 Å². The molecule has 1 N–H and O–H groups in total.